The van der Waals surface area contributed by atoms with Crippen molar-refractivity contribution in [2.24, 2.45) is 5.92 Å². The standard InChI is InChI=1S/C15H26N4O2/c1-11(2)10-18-7-4-15(5-8-18)13(20)19(14(21)17-15)12-3-6-16-9-12/h11-12,16H,3-10H2,1-2H3,(H,17,21). The highest BCUT2D eigenvalue weighted by molar-refractivity contribution is 6.07. The van der Waals surface area contributed by atoms with Gasteiger partial charge in [0.15, 0.2) is 0 Å². The minimum atomic E-state index is -0.632. The molecule has 0 radical (unpaired) electrons. The Morgan fingerprint density at radius 1 is 1.29 bits per heavy atom. The molecule has 0 aliphatic carbocycles. The van der Waals surface area contributed by atoms with Crippen LogP contribution in [0, 0.1) is 5.92 Å². The Bertz CT molecular complexity index is 423. The third kappa shape index (κ3) is 2.66. The van der Waals surface area contributed by atoms with Gasteiger partial charge in [-0.15, -0.1) is 0 Å². The van der Waals surface area contributed by atoms with Crippen LogP contribution < -0.4 is 10.6 Å². The quantitative estimate of drug-likeness (QED) is 0.739. The summed E-state index contributed by atoms with van der Waals surface area (Å²) >= 11 is 0. The van der Waals surface area contributed by atoms with E-state index in [9.17, 15) is 9.59 Å². The molecule has 3 amide bonds. The van der Waals surface area contributed by atoms with E-state index >= 15 is 0 Å². The number of urea groups is 1. The molecule has 2 N–H and O–H groups in total. The zero-order valence-corrected chi connectivity index (χ0v) is 13.0. The molecule has 6 heteroatoms. The molecular formula is C15H26N4O2. The number of carbonyl (C=O) groups is 2. The van der Waals surface area contributed by atoms with Gasteiger partial charge in [0.2, 0.25) is 0 Å². The molecule has 1 unspecified atom stereocenters. The van der Waals surface area contributed by atoms with Gasteiger partial charge in [0, 0.05) is 26.2 Å². The number of imide groups is 1. The minimum absolute atomic E-state index is 0.00500. The second-order valence-corrected chi connectivity index (χ2v) is 7.03. The number of nitrogens with one attached hydrogen (secondary N) is 2. The van der Waals surface area contributed by atoms with E-state index in [4.69, 9.17) is 0 Å². The topological polar surface area (TPSA) is 64.7 Å². The SMILES string of the molecule is CC(C)CN1CCC2(CC1)NC(=O)N(C1CCNC1)C2=O. The van der Waals surface area contributed by atoms with Crippen LogP contribution in [0.25, 0.3) is 0 Å². The first-order valence-corrected chi connectivity index (χ1v) is 8.11. The summed E-state index contributed by atoms with van der Waals surface area (Å²) in [5.41, 5.74) is -0.632. The summed E-state index contributed by atoms with van der Waals surface area (Å²) in [6.45, 7) is 8.88. The summed E-state index contributed by atoms with van der Waals surface area (Å²) in [6.07, 6.45) is 2.34. The van der Waals surface area contributed by atoms with Gasteiger partial charge in [-0.1, -0.05) is 13.8 Å². The molecule has 3 rings (SSSR count). The van der Waals surface area contributed by atoms with Crippen LogP contribution in [0.1, 0.15) is 33.1 Å². The second-order valence-electron chi connectivity index (χ2n) is 7.03. The van der Waals surface area contributed by atoms with Crippen LogP contribution in [0.2, 0.25) is 0 Å². The lowest BCUT2D eigenvalue weighted by Gasteiger charge is -2.38. The van der Waals surface area contributed by atoms with E-state index in [1.54, 1.807) is 0 Å². The maximum atomic E-state index is 12.8. The smallest absolute Gasteiger partial charge is 0.323 e. The van der Waals surface area contributed by atoms with Crippen molar-refractivity contribution in [1.29, 1.82) is 0 Å². The third-order valence-corrected chi connectivity index (χ3v) is 4.93. The Hall–Kier alpha value is -1.14. The molecule has 3 fully saturated rings. The van der Waals surface area contributed by atoms with Crippen molar-refractivity contribution in [3.05, 3.63) is 0 Å². The van der Waals surface area contributed by atoms with E-state index in [1.807, 2.05) is 0 Å². The van der Waals surface area contributed by atoms with Gasteiger partial charge in [-0.2, -0.15) is 0 Å². The van der Waals surface area contributed by atoms with Gasteiger partial charge in [-0.3, -0.25) is 9.69 Å². The fraction of sp³-hybridized carbons (Fsp3) is 0.867. The summed E-state index contributed by atoms with van der Waals surface area (Å²) in [4.78, 5) is 28.9. The molecule has 0 saturated carbocycles. The molecule has 1 spiro atoms. The molecule has 21 heavy (non-hydrogen) atoms. The molecule has 0 bridgehead atoms. The van der Waals surface area contributed by atoms with E-state index in [0.29, 0.717) is 5.92 Å². The molecule has 0 aromatic heterocycles. The minimum Gasteiger partial charge on any atom is -0.323 e. The van der Waals surface area contributed by atoms with Crippen LogP contribution in [0.3, 0.4) is 0 Å². The van der Waals surface area contributed by atoms with Crippen molar-refractivity contribution < 1.29 is 9.59 Å². The Labute approximate surface area is 126 Å². The average molecular weight is 294 g/mol. The normalized spacial score (nSPS) is 29.7. The first-order valence-electron chi connectivity index (χ1n) is 8.11. The molecule has 6 nitrogen and oxygen atoms in total. The van der Waals surface area contributed by atoms with Crippen LogP contribution in [-0.2, 0) is 4.79 Å². The van der Waals surface area contributed by atoms with Crippen molar-refractivity contribution >= 4 is 11.9 Å². The van der Waals surface area contributed by atoms with Gasteiger partial charge < -0.3 is 15.5 Å². The van der Waals surface area contributed by atoms with Gasteiger partial charge in [-0.05, 0) is 31.7 Å². The molecule has 3 aliphatic heterocycles. The number of likely N-dealkylation sites (tertiary alicyclic amines) is 1. The maximum Gasteiger partial charge on any atom is 0.325 e. The molecule has 0 aromatic rings. The summed E-state index contributed by atoms with van der Waals surface area (Å²) in [5.74, 6) is 0.638. The zero-order valence-electron chi connectivity index (χ0n) is 13.0. The van der Waals surface area contributed by atoms with E-state index in [0.717, 1.165) is 52.0 Å². The monoisotopic (exact) mass is 294 g/mol. The predicted octanol–water partition coefficient (Wildman–Crippen LogP) is 0.391. The van der Waals surface area contributed by atoms with E-state index < -0.39 is 5.54 Å². The number of amides is 3. The molecule has 3 aliphatic rings. The first kappa shape index (κ1) is 14.8. The van der Waals surface area contributed by atoms with E-state index in [1.165, 1.54) is 4.90 Å². The lowest BCUT2D eigenvalue weighted by molar-refractivity contribution is -0.134. The lowest BCUT2D eigenvalue weighted by Crippen LogP contribution is -2.55. The molecule has 3 heterocycles. The number of rotatable bonds is 3. The molecule has 118 valence electrons. The van der Waals surface area contributed by atoms with Crippen molar-refractivity contribution in [2.45, 2.75) is 44.7 Å². The van der Waals surface area contributed by atoms with Gasteiger partial charge in [0.25, 0.3) is 5.91 Å². The summed E-state index contributed by atoms with van der Waals surface area (Å²) < 4.78 is 0. The Kier molecular flexibility index (Phi) is 3.92. The fourth-order valence-corrected chi connectivity index (χ4v) is 3.81. The number of hydrogen-bond acceptors (Lipinski definition) is 4. The van der Waals surface area contributed by atoms with Crippen LogP contribution in [0.15, 0.2) is 0 Å². The highest BCUT2D eigenvalue weighted by Crippen LogP contribution is 2.31. The maximum absolute atomic E-state index is 12.8. The first-order chi connectivity index (χ1) is 10.0. The van der Waals surface area contributed by atoms with Gasteiger partial charge in [-0.25, -0.2) is 4.79 Å². The van der Waals surface area contributed by atoms with Crippen LogP contribution in [-0.4, -0.2) is 66.0 Å². The van der Waals surface area contributed by atoms with Crippen molar-refractivity contribution in [2.75, 3.05) is 32.7 Å². The molecule has 3 saturated heterocycles. The predicted molar refractivity (Wildman–Crippen MR) is 79.9 cm³/mol. The highest BCUT2D eigenvalue weighted by Gasteiger charge is 2.54. The molecule has 0 aromatic carbocycles. The Balaban J connectivity index is 1.67. The number of hydrogen-bond donors (Lipinski definition) is 2. The Morgan fingerprint density at radius 2 is 2.00 bits per heavy atom. The van der Waals surface area contributed by atoms with Crippen molar-refractivity contribution in [3.63, 3.8) is 0 Å². The van der Waals surface area contributed by atoms with E-state index in [2.05, 4.69) is 29.4 Å². The number of piperidine rings is 1. The number of carbonyl (C=O) groups excluding carboxylic acids is 2. The van der Waals surface area contributed by atoms with Crippen LogP contribution >= 0.6 is 0 Å². The summed E-state index contributed by atoms with van der Waals surface area (Å²) in [7, 11) is 0. The number of nitrogens with zero attached hydrogens (tertiary/aromatic N) is 2. The third-order valence-electron chi connectivity index (χ3n) is 4.93. The lowest BCUT2D eigenvalue weighted by atomic mass is 9.87. The van der Waals surface area contributed by atoms with Crippen LogP contribution in [0.5, 0.6) is 0 Å². The zero-order chi connectivity index (χ0) is 15.0. The fourth-order valence-electron chi connectivity index (χ4n) is 3.81. The Morgan fingerprint density at radius 3 is 2.57 bits per heavy atom. The van der Waals surface area contributed by atoms with Crippen molar-refractivity contribution in [1.82, 2.24) is 20.4 Å². The summed E-state index contributed by atoms with van der Waals surface area (Å²) in [5, 5.41) is 6.23. The van der Waals surface area contributed by atoms with Crippen molar-refractivity contribution in [3.8, 4) is 0 Å². The molecular weight excluding hydrogens is 268 g/mol. The molecule has 1 atom stereocenters. The highest BCUT2D eigenvalue weighted by atomic mass is 16.2. The van der Waals surface area contributed by atoms with Gasteiger partial charge in [0.05, 0.1) is 6.04 Å². The summed E-state index contributed by atoms with van der Waals surface area (Å²) in [6, 6.07) is -0.156. The van der Waals surface area contributed by atoms with Crippen LogP contribution in [0.4, 0.5) is 4.79 Å². The van der Waals surface area contributed by atoms with Gasteiger partial charge >= 0.3 is 6.03 Å². The van der Waals surface area contributed by atoms with E-state index in [-0.39, 0.29) is 18.0 Å². The largest absolute Gasteiger partial charge is 0.325 e. The second kappa shape index (κ2) is 5.57. The van der Waals surface area contributed by atoms with Gasteiger partial charge in [0.1, 0.15) is 5.54 Å². The average Bonchev–Trinajstić information content (AvgIpc) is 3.01.